The summed E-state index contributed by atoms with van der Waals surface area (Å²) in [7, 11) is 1.63. The van der Waals surface area contributed by atoms with Crippen molar-refractivity contribution in [3.63, 3.8) is 0 Å². The second kappa shape index (κ2) is 10.2. The number of aromatic nitrogens is 3. The van der Waals surface area contributed by atoms with Crippen LogP contribution in [0.1, 0.15) is 35.2 Å². The van der Waals surface area contributed by atoms with Crippen LogP contribution >= 0.6 is 15.9 Å². The second-order valence-electron chi connectivity index (χ2n) is 6.92. The van der Waals surface area contributed by atoms with E-state index in [1.807, 2.05) is 30.5 Å². The maximum absolute atomic E-state index is 12.4. The van der Waals surface area contributed by atoms with Gasteiger partial charge in [-0.05, 0) is 71.4 Å². The number of pyridine rings is 1. The molecule has 0 spiro atoms. The summed E-state index contributed by atoms with van der Waals surface area (Å²) in [5.41, 5.74) is 3.83. The van der Waals surface area contributed by atoms with Gasteiger partial charge in [-0.25, -0.2) is 4.98 Å². The minimum atomic E-state index is -0.125. The number of rotatable bonds is 9. The summed E-state index contributed by atoms with van der Waals surface area (Å²) in [4.78, 5) is 24.0. The fourth-order valence-corrected chi connectivity index (χ4v) is 3.54. The van der Waals surface area contributed by atoms with E-state index in [0.717, 1.165) is 47.3 Å². The van der Waals surface area contributed by atoms with Crippen LogP contribution in [0, 0.1) is 6.92 Å². The molecule has 0 amide bonds. The van der Waals surface area contributed by atoms with Crippen LogP contribution in [-0.2, 0) is 12.8 Å². The molecule has 0 aliphatic carbocycles. The first kappa shape index (κ1) is 21.0. The molecule has 3 aromatic rings. The smallest absolute Gasteiger partial charge is 0.255 e. The quantitative estimate of drug-likeness (QED) is 0.469. The summed E-state index contributed by atoms with van der Waals surface area (Å²) >= 11 is 3.44. The molecule has 152 valence electrons. The van der Waals surface area contributed by atoms with Crippen LogP contribution in [0.4, 0.5) is 5.95 Å². The van der Waals surface area contributed by atoms with Crippen LogP contribution in [0.3, 0.4) is 0 Å². The normalized spacial score (nSPS) is 10.7. The summed E-state index contributed by atoms with van der Waals surface area (Å²) in [6, 6.07) is 9.77. The lowest BCUT2D eigenvalue weighted by Crippen LogP contribution is -2.17. The number of H-pyrrole nitrogens is 1. The molecule has 0 aliphatic rings. The molecule has 2 N–H and O–H groups in total. The van der Waals surface area contributed by atoms with Crippen molar-refractivity contribution in [2.75, 3.05) is 19.0 Å². The first-order chi connectivity index (χ1) is 14.0. The maximum atomic E-state index is 12.4. The SMILES string of the molecule is COc1cccc(Cc2cnc(NCCCCc3ncc(Br)cc3C)[nH]c2=O)c1. The molecule has 0 saturated heterocycles. The number of hydrogen-bond acceptors (Lipinski definition) is 5. The van der Waals surface area contributed by atoms with Crippen molar-refractivity contribution >= 4 is 21.9 Å². The number of anilines is 1. The molecule has 1 aromatic carbocycles. The van der Waals surface area contributed by atoms with Gasteiger partial charge in [0.1, 0.15) is 5.75 Å². The number of unbranched alkanes of at least 4 members (excludes halogenated alkanes) is 1. The third kappa shape index (κ3) is 6.15. The fourth-order valence-electron chi connectivity index (χ4n) is 3.09. The van der Waals surface area contributed by atoms with E-state index in [1.165, 1.54) is 5.56 Å². The minimum absolute atomic E-state index is 0.125. The highest BCUT2D eigenvalue weighted by Crippen LogP contribution is 2.16. The van der Waals surface area contributed by atoms with Crippen LogP contribution in [0.2, 0.25) is 0 Å². The number of nitrogens with zero attached hydrogens (tertiary/aromatic N) is 2. The van der Waals surface area contributed by atoms with E-state index >= 15 is 0 Å². The average Bonchev–Trinajstić information content (AvgIpc) is 2.71. The van der Waals surface area contributed by atoms with E-state index in [-0.39, 0.29) is 5.56 Å². The highest BCUT2D eigenvalue weighted by molar-refractivity contribution is 9.10. The summed E-state index contributed by atoms with van der Waals surface area (Å²) in [6.07, 6.45) is 6.90. The molecule has 2 heterocycles. The van der Waals surface area contributed by atoms with Gasteiger partial charge >= 0.3 is 0 Å². The number of methoxy groups -OCH3 is 1. The van der Waals surface area contributed by atoms with Crippen LogP contribution in [0.15, 0.2) is 52.0 Å². The van der Waals surface area contributed by atoms with Gasteiger partial charge in [-0.2, -0.15) is 0 Å². The topological polar surface area (TPSA) is 79.9 Å². The largest absolute Gasteiger partial charge is 0.497 e. The Bertz CT molecular complexity index is 1020. The molecular weight excluding hydrogens is 432 g/mol. The van der Waals surface area contributed by atoms with Gasteiger partial charge in [-0.3, -0.25) is 14.8 Å². The van der Waals surface area contributed by atoms with Crippen molar-refractivity contribution in [3.8, 4) is 5.75 Å². The molecule has 0 atom stereocenters. The number of nitrogens with one attached hydrogen (secondary N) is 2. The van der Waals surface area contributed by atoms with E-state index in [2.05, 4.69) is 49.2 Å². The number of aryl methyl sites for hydroxylation is 2. The van der Waals surface area contributed by atoms with Crippen molar-refractivity contribution in [1.82, 2.24) is 15.0 Å². The number of halogens is 1. The summed E-state index contributed by atoms with van der Waals surface area (Å²) < 4.78 is 6.23. The number of benzene rings is 1. The highest BCUT2D eigenvalue weighted by Gasteiger charge is 2.06. The van der Waals surface area contributed by atoms with Gasteiger partial charge in [0.15, 0.2) is 0 Å². The maximum Gasteiger partial charge on any atom is 0.255 e. The predicted octanol–water partition coefficient (Wildman–Crippen LogP) is 4.27. The van der Waals surface area contributed by atoms with E-state index in [4.69, 9.17) is 4.74 Å². The Labute approximate surface area is 178 Å². The van der Waals surface area contributed by atoms with Gasteiger partial charge in [-0.1, -0.05) is 12.1 Å². The lowest BCUT2D eigenvalue weighted by Gasteiger charge is -2.08. The fraction of sp³-hybridized carbons (Fsp3) is 0.318. The van der Waals surface area contributed by atoms with E-state index in [9.17, 15) is 4.79 Å². The van der Waals surface area contributed by atoms with E-state index < -0.39 is 0 Å². The second-order valence-corrected chi connectivity index (χ2v) is 7.83. The van der Waals surface area contributed by atoms with Gasteiger partial charge < -0.3 is 10.1 Å². The van der Waals surface area contributed by atoms with Crippen LogP contribution < -0.4 is 15.6 Å². The molecule has 29 heavy (non-hydrogen) atoms. The molecule has 0 fully saturated rings. The summed E-state index contributed by atoms with van der Waals surface area (Å²) in [6.45, 7) is 2.82. The summed E-state index contributed by atoms with van der Waals surface area (Å²) in [5, 5.41) is 3.19. The van der Waals surface area contributed by atoms with Gasteiger partial charge in [0.05, 0.1) is 7.11 Å². The van der Waals surface area contributed by atoms with Crippen molar-refractivity contribution < 1.29 is 4.74 Å². The standard InChI is InChI=1S/C22H25BrN4O2/c1-15-10-18(23)14-25-20(15)8-3-4-9-24-22-26-13-17(21(28)27-22)11-16-6-5-7-19(12-16)29-2/h5-7,10,12-14H,3-4,8-9,11H2,1-2H3,(H2,24,26,27,28). The number of ether oxygens (including phenoxy) is 1. The zero-order chi connectivity index (χ0) is 20.6. The van der Waals surface area contributed by atoms with E-state index in [1.54, 1.807) is 13.3 Å². The number of aromatic amines is 1. The average molecular weight is 457 g/mol. The van der Waals surface area contributed by atoms with Gasteiger partial charge in [0.2, 0.25) is 5.95 Å². The predicted molar refractivity (Wildman–Crippen MR) is 119 cm³/mol. The lowest BCUT2D eigenvalue weighted by molar-refractivity contribution is 0.414. The Morgan fingerprint density at radius 3 is 2.79 bits per heavy atom. The molecule has 0 radical (unpaired) electrons. The van der Waals surface area contributed by atoms with Crippen LogP contribution in [-0.4, -0.2) is 28.6 Å². The Balaban J connectivity index is 1.48. The van der Waals surface area contributed by atoms with Crippen molar-refractivity contribution in [2.45, 2.75) is 32.6 Å². The van der Waals surface area contributed by atoms with Crippen molar-refractivity contribution in [2.24, 2.45) is 0 Å². The molecule has 0 aliphatic heterocycles. The first-order valence-corrected chi connectivity index (χ1v) is 10.4. The Hall–Kier alpha value is -2.67. The minimum Gasteiger partial charge on any atom is -0.497 e. The molecule has 7 heteroatoms. The molecule has 3 rings (SSSR count). The monoisotopic (exact) mass is 456 g/mol. The molecule has 0 bridgehead atoms. The van der Waals surface area contributed by atoms with Crippen molar-refractivity contribution in [1.29, 1.82) is 0 Å². The molecular formula is C22H25BrN4O2. The summed E-state index contributed by atoms with van der Waals surface area (Å²) in [5.74, 6) is 1.28. The Kier molecular flexibility index (Phi) is 7.41. The van der Waals surface area contributed by atoms with Crippen molar-refractivity contribution in [3.05, 3.63) is 79.9 Å². The van der Waals surface area contributed by atoms with Gasteiger partial charge in [0.25, 0.3) is 5.56 Å². The Morgan fingerprint density at radius 1 is 1.17 bits per heavy atom. The molecule has 6 nitrogen and oxygen atoms in total. The zero-order valence-corrected chi connectivity index (χ0v) is 18.3. The molecule has 2 aromatic heterocycles. The molecule has 0 saturated carbocycles. The zero-order valence-electron chi connectivity index (χ0n) is 16.7. The third-order valence-electron chi connectivity index (χ3n) is 4.69. The van der Waals surface area contributed by atoms with Gasteiger partial charge in [0, 0.05) is 41.1 Å². The highest BCUT2D eigenvalue weighted by atomic mass is 79.9. The number of hydrogen-bond donors (Lipinski definition) is 2. The molecule has 0 unspecified atom stereocenters. The first-order valence-electron chi connectivity index (χ1n) is 9.61. The van der Waals surface area contributed by atoms with Crippen LogP contribution in [0.25, 0.3) is 0 Å². The van der Waals surface area contributed by atoms with Gasteiger partial charge in [-0.15, -0.1) is 0 Å². The van der Waals surface area contributed by atoms with E-state index in [0.29, 0.717) is 17.9 Å². The third-order valence-corrected chi connectivity index (χ3v) is 5.12. The Morgan fingerprint density at radius 2 is 2.03 bits per heavy atom. The van der Waals surface area contributed by atoms with Crippen LogP contribution in [0.5, 0.6) is 5.75 Å². The lowest BCUT2D eigenvalue weighted by atomic mass is 10.1.